The van der Waals surface area contributed by atoms with Crippen molar-refractivity contribution in [3.63, 3.8) is 0 Å². The fourth-order valence-corrected chi connectivity index (χ4v) is 4.53. The molecule has 1 saturated heterocycles. The number of nitro groups is 1. The summed E-state index contributed by atoms with van der Waals surface area (Å²) in [6, 6.07) is 6.20. The van der Waals surface area contributed by atoms with Crippen molar-refractivity contribution in [2.45, 2.75) is 0 Å². The molecule has 4 rings (SSSR count). The number of nitrogens with zero attached hydrogens (tertiary/aromatic N) is 5. The number of amides is 1. The van der Waals surface area contributed by atoms with Crippen molar-refractivity contribution in [3.05, 3.63) is 56.7 Å². The highest BCUT2D eigenvalue weighted by Crippen LogP contribution is 2.38. The van der Waals surface area contributed by atoms with Crippen molar-refractivity contribution < 1.29 is 9.72 Å². The van der Waals surface area contributed by atoms with E-state index < -0.39 is 4.92 Å². The van der Waals surface area contributed by atoms with Gasteiger partial charge in [-0.05, 0) is 12.1 Å². The fraction of sp³-hybridized carbons (Fsp3) is 0.235. The van der Waals surface area contributed by atoms with Crippen molar-refractivity contribution in [2.24, 2.45) is 0 Å². The first-order valence-electron chi connectivity index (χ1n) is 8.22. The van der Waals surface area contributed by atoms with Crippen molar-refractivity contribution >= 4 is 50.6 Å². The van der Waals surface area contributed by atoms with Gasteiger partial charge in [-0.2, -0.15) is 0 Å². The number of nitro benzene ring substituents is 1. The van der Waals surface area contributed by atoms with Gasteiger partial charge in [-0.1, -0.05) is 11.6 Å². The van der Waals surface area contributed by atoms with Gasteiger partial charge in [0.2, 0.25) is 5.95 Å². The predicted molar refractivity (Wildman–Crippen MR) is 104 cm³/mol. The maximum Gasteiger partial charge on any atom is 0.270 e. The molecule has 27 heavy (non-hydrogen) atoms. The molecule has 1 aromatic carbocycles. The van der Waals surface area contributed by atoms with E-state index in [0.717, 1.165) is 0 Å². The van der Waals surface area contributed by atoms with Crippen LogP contribution in [-0.2, 0) is 0 Å². The molecule has 138 valence electrons. The Bertz CT molecular complexity index is 1020. The number of hydrogen-bond donors (Lipinski definition) is 0. The number of hydrogen-bond acceptors (Lipinski definition) is 7. The monoisotopic (exact) mass is 403 g/mol. The number of aromatic nitrogens is 2. The average molecular weight is 404 g/mol. The highest BCUT2D eigenvalue weighted by Gasteiger charge is 2.27. The smallest absolute Gasteiger partial charge is 0.270 e. The molecule has 0 N–H and O–H groups in total. The Morgan fingerprint density at radius 3 is 2.56 bits per heavy atom. The fourth-order valence-electron chi connectivity index (χ4n) is 3.01. The number of anilines is 1. The molecular weight excluding hydrogens is 390 g/mol. The van der Waals surface area contributed by atoms with Gasteiger partial charge in [0.15, 0.2) is 0 Å². The third kappa shape index (κ3) is 3.31. The Hall–Kier alpha value is -2.78. The molecule has 2 aromatic heterocycles. The van der Waals surface area contributed by atoms with Crippen molar-refractivity contribution in [1.82, 2.24) is 14.9 Å². The number of carbonyl (C=O) groups excluding carboxylic acids is 1. The molecule has 0 atom stereocenters. The van der Waals surface area contributed by atoms with E-state index in [0.29, 0.717) is 52.1 Å². The van der Waals surface area contributed by atoms with E-state index in [1.807, 2.05) is 4.90 Å². The first-order chi connectivity index (χ1) is 13.0. The molecule has 10 heteroatoms. The number of fused-ring (bicyclic) bond motifs is 1. The van der Waals surface area contributed by atoms with Crippen LogP contribution in [0.5, 0.6) is 0 Å². The maximum absolute atomic E-state index is 12.9. The molecule has 1 aliphatic heterocycles. The van der Waals surface area contributed by atoms with Gasteiger partial charge in [0.1, 0.15) is 4.88 Å². The summed E-state index contributed by atoms with van der Waals surface area (Å²) in [5.74, 6) is 0.495. The van der Waals surface area contributed by atoms with Crippen molar-refractivity contribution in [1.29, 1.82) is 0 Å². The van der Waals surface area contributed by atoms with Crippen LogP contribution in [0.15, 0.2) is 36.7 Å². The molecule has 0 radical (unpaired) electrons. The van der Waals surface area contributed by atoms with Crippen LogP contribution >= 0.6 is 22.9 Å². The summed E-state index contributed by atoms with van der Waals surface area (Å²) in [7, 11) is 0. The predicted octanol–water partition coefficient (Wildman–Crippen LogP) is 3.22. The summed E-state index contributed by atoms with van der Waals surface area (Å²) in [6.45, 7) is 2.32. The Balaban J connectivity index is 1.53. The second-order valence-electron chi connectivity index (χ2n) is 6.01. The van der Waals surface area contributed by atoms with Crippen LogP contribution in [0, 0.1) is 10.1 Å². The zero-order chi connectivity index (χ0) is 19.0. The summed E-state index contributed by atoms with van der Waals surface area (Å²) >= 11 is 7.58. The lowest BCUT2D eigenvalue weighted by molar-refractivity contribution is -0.384. The van der Waals surface area contributed by atoms with Gasteiger partial charge in [-0.3, -0.25) is 14.9 Å². The Labute approximate surface area is 163 Å². The minimum atomic E-state index is -0.459. The quantitative estimate of drug-likeness (QED) is 0.492. The average Bonchev–Trinajstić information content (AvgIpc) is 3.04. The number of benzene rings is 1. The summed E-state index contributed by atoms with van der Waals surface area (Å²) in [5, 5.41) is 12.0. The first-order valence-corrected chi connectivity index (χ1v) is 9.42. The standard InChI is InChI=1S/C17H14ClN5O3S/c18-14-12-3-2-11(23(25)26)10-13(12)27-15(14)16(24)21-6-8-22(9-7-21)17-19-4-1-5-20-17/h1-5,10H,6-9H2. The largest absolute Gasteiger partial charge is 0.337 e. The van der Waals surface area contributed by atoms with Gasteiger partial charge in [-0.25, -0.2) is 9.97 Å². The molecule has 0 spiro atoms. The number of non-ortho nitro benzene ring substituents is 1. The van der Waals surface area contributed by atoms with Gasteiger partial charge in [0, 0.05) is 60.8 Å². The zero-order valence-electron chi connectivity index (χ0n) is 14.0. The molecule has 8 nitrogen and oxygen atoms in total. The van der Waals surface area contributed by atoms with E-state index in [1.165, 1.54) is 23.5 Å². The van der Waals surface area contributed by atoms with Crippen LogP contribution in [0.4, 0.5) is 11.6 Å². The number of rotatable bonds is 3. The third-order valence-electron chi connectivity index (χ3n) is 4.42. The van der Waals surface area contributed by atoms with Crippen LogP contribution < -0.4 is 4.90 Å². The van der Waals surface area contributed by atoms with Gasteiger partial charge >= 0.3 is 0 Å². The molecular formula is C17H14ClN5O3S. The van der Waals surface area contributed by atoms with E-state index in [1.54, 1.807) is 29.4 Å². The lowest BCUT2D eigenvalue weighted by Gasteiger charge is -2.34. The van der Waals surface area contributed by atoms with Crippen LogP contribution in [0.25, 0.3) is 10.1 Å². The molecule has 0 bridgehead atoms. The molecule has 1 amide bonds. The molecule has 3 aromatic rings. The molecule has 0 aliphatic carbocycles. The highest BCUT2D eigenvalue weighted by molar-refractivity contribution is 7.21. The summed E-state index contributed by atoms with van der Waals surface area (Å²) in [6.07, 6.45) is 3.38. The Kier molecular flexibility index (Phi) is 4.63. The summed E-state index contributed by atoms with van der Waals surface area (Å²) in [5.41, 5.74) is -0.0177. The molecule has 0 saturated carbocycles. The lowest BCUT2D eigenvalue weighted by Crippen LogP contribution is -2.49. The van der Waals surface area contributed by atoms with E-state index in [2.05, 4.69) is 9.97 Å². The topological polar surface area (TPSA) is 92.5 Å². The second-order valence-corrected chi connectivity index (χ2v) is 7.44. The minimum Gasteiger partial charge on any atom is -0.337 e. The van der Waals surface area contributed by atoms with Crippen molar-refractivity contribution in [2.75, 3.05) is 31.1 Å². The van der Waals surface area contributed by atoms with Crippen LogP contribution in [0.2, 0.25) is 5.02 Å². The maximum atomic E-state index is 12.9. The SMILES string of the molecule is O=C(c1sc2cc([N+](=O)[O-])ccc2c1Cl)N1CCN(c2ncccn2)CC1. The van der Waals surface area contributed by atoms with Gasteiger partial charge in [0.05, 0.1) is 9.95 Å². The third-order valence-corrected chi connectivity index (χ3v) is 6.07. The Morgan fingerprint density at radius 2 is 1.89 bits per heavy atom. The lowest BCUT2D eigenvalue weighted by atomic mass is 10.2. The van der Waals surface area contributed by atoms with Crippen LogP contribution in [-0.4, -0.2) is 51.9 Å². The molecule has 3 heterocycles. The molecule has 1 aliphatic rings. The van der Waals surface area contributed by atoms with Crippen LogP contribution in [0.3, 0.4) is 0 Å². The van der Waals surface area contributed by atoms with E-state index in [4.69, 9.17) is 11.6 Å². The summed E-state index contributed by atoms with van der Waals surface area (Å²) < 4.78 is 0.633. The van der Waals surface area contributed by atoms with Gasteiger partial charge in [0.25, 0.3) is 11.6 Å². The normalized spacial score (nSPS) is 14.6. The Morgan fingerprint density at radius 1 is 1.19 bits per heavy atom. The minimum absolute atomic E-state index is 0.0177. The van der Waals surface area contributed by atoms with E-state index >= 15 is 0 Å². The van der Waals surface area contributed by atoms with E-state index in [9.17, 15) is 14.9 Å². The van der Waals surface area contributed by atoms with Gasteiger partial charge < -0.3 is 9.80 Å². The highest BCUT2D eigenvalue weighted by atomic mass is 35.5. The molecule has 0 unspecified atom stereocenters. The zero-order valence-corrected chi connectivity index (χ0v) is 15.6. The second kappa shape index (κ2) is 7.09. The summed E-state index contributed by atoms with van der Waals surface area (Å²) in [4.78, 5) is 36.1. The van der Waals surface area contributed by atoms with Crippen molar-refractivity contribution in [3.8, 4) is 0 Å². The number of halogens is 1. The van der Waals surface area contributed by atoms with Gasteiger partial charge in [-0.15, -0.1) is 11.3 Å². The number of piperazine rings is 1. The number of thiophene rings is 1. The molecule has 1 fully saturated rings. The number of carbonyl (C=O) groups is 1. The first kappa shape index (κ1) is 17.6. The van der Waals surface area contributed by atoms with Crippen LogP contribution in [0.1, 0.15) is 9.67 Å². The van der Waals surface area contributed by atoms with E-state index in [-0.39, 0.29) is 11.6 Å².